The van der Waals surface area contributed by atoms with E-state index >= 15 is 0 Å². The molecule has 0 aliphatic carbocycles. The topological polar surface area (TPSA) is 25.5 Å². The van der Waals surface area contributed by atoms with Crippen LogP contribution in [0.2, 0.25) is 0 Å². The normalized spacial score (nSPS) is 20.5. The van der Waals surface area contributed by atoms with Gasteiger partial charge in [0.05, 0.1) is 0 Å². The van der Waals surface area contributed by atoms with Crippen LogP contribution >= 0.6 is 0 Å². The molecule has 4 rings (SSSR count). The van der Waals surface area contributed by atoms with Gasteiger partial charge in [-0.1, -0.05) is 26.0 Å². The molecule has 1 aromatic carbocycles. The Morgan fingerprint density at radius 1 is 0.958 bits per heavy atom. The van der Waals surface area contributed by atoms with Crippen LogP contribution in [0.5, 0.6) is 0 Å². The molecule has 0 bridgehead atoms. The maximum absolute atomic E-state index is 3.63. The summed E-state index contributed by atoms with van der Waals surface area (Å²) in [5, 5.41) is 0. The molecule has 0 radical (unpaired) electrons. The standard InChI is InChI=1S/C20H28N4/c1-20(2)14-23(4)18-13-15(5-6-16(18)20)17-7-8-19(21-17)24-11-9-22(3)10-12-24/h5-8,13,21H,9-12,14H2,1-4H3. The lowest BCUT2D eigenvalue weighted by molar-refractivity contribution is 0.312. The quantitative estimate of drug-likeness (QED) is 0.919. The highest BCUT2D eigenvalue weighted by molar-refractivity contribution is 5.73. The number of hydrogen-bond acceptors (Lipinski definition) is 3. The molecule has 4 heteroatoms. The van der Waals surface area contributed by atoms with Crippen LogP contribution in [0.25, 0.3) is 11.3 Å². The fourth-order valence-corrected chi connectivity index (χ4v) is 4.13. The van der Waals surface area contributed by atoms with Gasteiger partial charge in [0.25, 0.3) is 0 Å². The third kappa shape index (κ3) is 2.59. The van der Waals surface area contributed by atoms with Crippen molar-refractivity contribution in [2.75, 3.05) is 56.6 Å². The van der Waals surface area contributed by atoms with Crippen LogP contribution in [0, 0.1) is 0 Å². The van der Waals surface area contributed by atoms with E-state index in [2.05, 4.69) is 78.0 Å². The van der Waals surface area contributed by atoms with Gasteiger partial charge in [-0.2, -0.15) is 0 Å². The van der Waals surface area contributed by atoms with Crippen molar-refractivity contribution < 1.29 is 0 Å². The first kappa shape index (κ1) is 15.6. The summed E-state index contributed by atoms with van der Waals surface area (Å²) in [4.78, 5) is 10.8. The highest BCUT2D eigenvalue weighted by atomic mass is 15.3. The summed E-state index contributed by atoms with van der Waals surface area (Å²) in [6.45, 7) is 10.2. The molecule has 0 atom stereocenters. The molecule has 24 heavy (non-hydrogen) atoms. The number of anilines is 2. The Labute approximate surface area is 145 Å². The minimum absolute atomic E-state index is 0.239. The number of aromatic amines is 1. The number of benzene rings is 1. The maximum Gasteiger partial charge on any atom is 0.106 e. The van der Waals surface area contributed by atoms with Gasteiger partial charge in [-0.3, -0.25) is 0 Å². The second-order valence-corrected chi connectivity index (χ2v) is 8.02. The average Bonchev–Trinajstić information content (AvgIpc) is 3.12. The largest absolute Gasteiger partial charge is 0.373 e. The van der Waals surface area contributed by atoms with Gasteiger partial charge in [0, 0.05) is 62.1 Å². The number of fused-ring (bicyclic) bond motifs is 1. The Balaban J connectivity index is 1.61. The van der Waals surface area contributed by atoms with Crippen molar-refractivity contribution in [1.29, 1.82) is 0 Å². The van der Waals surface area contributed by atoms with Gasteiger partial charge in [0.1, 0.15) is 5.82 Å². The smallest absolute Gasteiger partial charge is 0.106 e. The van der Waals surface area contributed by atoms with Crippen molar-refractivity contribution in [3.63, 3.8) is 0 Å². The number of piperazine rings is 1. The van der Waals surface area contributed by atoms with E-state index in [9.17, 15) is 0 Å². The molecule has 0 amide bonds. The predicted molar refractivity (Wildman–Crippen MR) is 102 cm³/mol. The molecule has 2 aliphatic rings. The molecule has 1 fully saturated rings. The summed E-state index contributed by atoms with van der Waals surface area (Å²) in [5.74, 6) is 1.24. The maximum atomic E-state index is 3.63. The van der Waals surface area contributed by atoms with E-state index in [1.807, 2.05) is 0 Å². The van der Waals surface area contributed by atoms with Crippen molar-refractivity contribution >= 4 is 11.5 Å². The third-order valence-corrected chi connectivity index (χ3v) is 5.60. The number of nitrogens with zero attached hydrogens (tertiary/aromatic N) is 3. The van der Waals surface area contributed by atoms with E-state index in [-0.39, 0.29) is 5.41 Å². The predicted octanol–water partition coefficient (Wildman–Crippen LogP) is 3.16. The number of hydrogen-bond donors (Lipinski definition) is 1. The molecular weight excluding hydrogens is 296 g/mol. The summed E-state index contributed by atoms with van der Waals surface area (Å²) < 4.78 is 0. The number of nitrogens with one attached hydrogen (secondary N) is 1. The molecule has 128 valence electrons. The Morgan fingerprint density at radius 3 is 2.46 bits per heavy atom. The summed E-state index contributed by atoms with van der Waals surface area (Å²) in [6.07, 6.45) is 0. The molecule has 1 N–H and O–H groups in total. The van der Waals surface area contributed by atoms with Gasteiger partial charge < -0.3 is 19.7 Å². The second kappa shape index (κ2) is 5.55. The molecule has 1 aromatic heterocycles. The fraction of sp³-hybridized carbons (Fsp3) is 0.500. The number of rotatable bonds is 2. The lowest BCUT2D eigenvalue weighted by Gasteiger charge is -2.33. The third-order valence-electron chi connectivity index (χ3n) is 5.60. The number of H-pyrrole nitrogens is 1. The van der Waals surface area contributed by atoms with Crippen LogP contribution in [-0.4, -0.2) is 56.7 Å². The van der Waals surface area contributed by atoms with Crippen LogP contribution in [0.3, 0.4) is 0 Å². The van der Waals surface area contributed by atoms with Crippen molar-refractivity contribution in [3.8, 4) is 11.3 Å². The van der Waals surface area contributed by atoms with E-state index in [1.54, 1.807) is 0 Å². The first-order valence-corrected chi connectivity index (χ1v) is 8.93. The molecular formula is C20H28N4. The second-order valence-electron chi connectivity index (χ2n) is 8.02. The highest BCUT2D eigenvalue weighted by Gasteiger charge is 2.33. The van der Waals surface area contributed by atoms with E-state index in [0.717, 1.165) is 32.7 Å². The lowest BCUT2D eigenvalue weighted by Crippen LogP contribution is -2.44. The van der Waals surface area contributed by atoms with E-state index in [1.165, 1.54) is 28.3 Å². The van der Waals surface area contributed by atoms with Gasteiger partial charge in [-0.05, 0) is 30.8 Å². The van der Waals surface area contributed by atoms with E-state index in [0.29, 0.717) is 0 Å². The first-order chi connectivity index (χ1) is 11.4. The molecule has 2 aliphatic heterocycles. The molecule has 0 spiro atoms. The van der Waals surface area contributed by atoms with E-state index in [4.69, 9.17) is 0 Å². The van der Waals surface area contributed by atoms with Crippen LogP contribution in [-0.2, 0) is 5.41 Å². The Kier molecular flexibility index (Phi) is 3.61. The number of aromatic nitrogens is 1. The molecule has 4 nitrogen and oxygen atoms in total. The van der Waals surface area contributed by atoms with Gasteiger partial charge in [0.2, 0.25) is 0 Å². The van der Waals surface area contributed by atoms with Crippen LogP contribution < -0.4 is 9.80 Å². The van der Waals surface area contributed by atoms with Crippen molar-refractivity contribution in [1.82, 2.24) is 9.88 Å². The van der Waals surface area contributed by atoms with E-state index < -0.39 is 0 Å². The Hall–Kier alpha value is -1.94. The van der Waals surface area contributed by atoms with Crippen LogP contribution in [0.1, 0.15) is 19.4 Å². The minimum Gasteiger partial charge on any atom is -0.373 e. The zero-order valence-corrected chi connectivity index (χ0v) is 15.3. The van der Waals surface area contributed by atoms with Crippen molar-refractivity contribution in [2.24, 2.45) is 0 Å². The first-order valence-electron chi connectivity index (χ1n) is 8.93. The Bertz CT molecular complexity index is 738. The molecule has 1 saturated heterocycles. The van der Waals surface area contributed by atoms with Crippen molar-refractivity contribution in [3.05, 3.63) is 35.9 Å². The van der Waals surface area contributed by atoms with Gasteiger partial charge in [-0.25, -0.2) is 0 Å². The minimum atomic E-state index is 0.239. The fourth-order valence-electron chi connectivity index (χ4n) is 4.13. The van der Waals surface area contributed by atoms with Crippen molar-refractivity contribution in [2.45, 2.75) is 19.3 Å². The monoisotopic (exact) mass is 324 g/mol. The molecule has 0 unspecified atom stereocenters. The van der Waals surface area contributed by atoms with Gasteiger partial charge in [-0.15, -0.1) is 0 Å². The van der Waals surface area contributed by atoms with Gasteiger partial charge in [0.15, 0.2) is 0 Å². The summed E-state index contributed by atoms with van der Waals surface area (Å²) >= 11 is 0. The Morgan fingerprint density at radius 2 is 1.71 bits per heavy atom. The lowest BCUT2D eigenvalue weighted by atomic mass is 9.86. The molecule has 3 heterocycles. The zero-order chi connectivity index (χ0) is 16.9. The van der Waals surface area contributed by atoms with Gasteiger partial charge >= 0.3 is 0 Å². The SMILES string of the molecule is CN1CCN(c2ccc(-c3ccc4c(c3)N(C)CC4(C)C)[nH]2)CC1. The zero-order valence-electron chi connectivity index (χ0n) is 15.3. The van der Waals surface area contributed by atoms with Crippen LogP contribution in [0.4, 0.5) is 11.5 Å². The average molecular weight is 324 g/mol. The molecule has 0 saturated carbocycles. The highest BCUT2D eigenvalue weighted by Crippen LogP contribution is 2.41. The summed E-state index contributed by atoms with van der Waals surface area (Å²) in [7, 11) is 4.39. The summed E-state index contributed by atoms with van der Waals surface area (Å²) in [5.41, 5.74) is 5.56. The summed E-state index contributed by atoms with van der Waals surface area (Å²) in [6, 6.07) is 11.4. The van der Waals surface area contributed by atoms with Crippen LogP contribution in [0.15, 0.2) is 30.3 Å². The number of likely N-dealkylation sites (N-methyl/N-ethyl adjacent to an activating group) is 2. The molecule has 2 aromatic rings.